The lowest BCUT2D eigenvalue weighted by Crippen LogP contribution is -2.40. The van der Waals surface area contributed by atoms with Gasteiger partial charge in [-0.05, 0) is 19.8 Å². The first-order chi connectivity index (χ1) is 12.3. The molecular formula is C14H18ClN5O4S2. The summed E-state index contributed by atoms with van der Waals surface area (Å²) in [6.45, 7) is 2.21. The molecule has 0 radical (unpaired) electrons. The average Bonchev–Trinajstić information content (AvgIpc) is 3.18. The van der Waals surface area contributed by atoms with Gasteiger partial charge in [0.05, 0.1) is 5.92 Å². The standard InChI is InChI=1S/C14H18ClN5O4S2/c1-9-16-12(7-19(9)2)26(22,23)20-5-3-10(4-6-20)14(21)24-8-11-13(15)25-18-17-11/h7,10H,3-6,8H2,1-2H3. The first-order valence-electron chi connectivity index (χ1n) is 7.92. The van der Waals surface area contributed by atoms with Crippen LogP contribution in [-0.4, -0.2) is 50.9 Å². The molecule has 1 aliphatic rings. The van der Waals surface area contributed by atoms with Gasteiger partial charge in [-0.3, -0.25) is 4.79 Å². The van der Waals surface area contributed by atoms with E-state index in [4.69, 9.17) is 16.3 Å². The van der Waals surface area contributed by atoms with Crippen LogP contribution in [0.15, 0.2) is 11.2 Å². The SMILES string of the molecule is Cc1nc(S(=O)(=O)N2CCC(C(=O)OCc3nnsc3Cl)CC2)cn1C. The molecule has 0 aromatic carbocycles. The number of ether oxygens (including phenoxy) is 1. The minimum absolute atomic E-state index is 0.0279. The van der Waals surface area contributed by atoms with Gasteiger partial charge in [-0.2, -0.15) is 4.31 Å². The van der Waals surface area contributed by atoms with Gasteiger partial charge in [0.2, 0.25) is 0 Å². The molecule has 3 heterocycles. The molecule has 1 fully saturated rings. The van der Waals surface area contributed by atoms with E-state index in [-0.39, 0.29) is 36.6 Å². The van der Waals surface area contributed by atoms with Crippen LogP contribution < -0.4 is 0 Å². The number of piperidine rings is 1. The second kappa shape index (κ2) is 7.59. The van der Waals surface area contributed by atoms with Crippen LogP contribution in [0.4, 0.5) is 0 Å². The Labute approximate surface area is 160 Å². The normalized spacial score (nSPS) is 16.7. The lowest BCUT2D eigenvalue weighted by molar-refractivity contribution is -0.151. The minimum atomic E-state index is -3.65. The van der Waals surface area contributed by atoms with Crippen LogP contribution in [-0.2, 0) is 33.2 Å². The summed E-state index contributed by atoms with van der Waals surface area (Å²) in [5.74, 6) is -0.102. The largest absolute Gasteiger partial charge is 0.459 e. The number of hydrogen-bond acceptors (Lipinski definition) is 8. The Bertz CT molecular complexity index is 883. The van der Waals surface area contributed by atoms with Crippen LogP contribution in [0, 0.1) is 12.8 Å². The monoisotopic (exact) mass is 419 g/mol. The van der Waals surface area contributed by atoms with Crippen molar-refractivity contribution in [1.29, 1.82) is 0 Å². The van der Waals surface area contributed by atoms with Crippen molar-refractivity contribution in [2.24, 2.45) is 13.0 Å². The van der Waals surface area contributed by atoms with Gasteiger partial charge in [0, 0.05) is 37.9 Å². The molecule has 1 aliphatic heterocycles. The molecule has 3 rings (SSSR count). The highest BCUT2D eigenvalue weighted by atomic mass is 35.5. The molecule has 0 amide bonds. The molecule has 1 saturated heterocycles. The highest BCUT2D eigenvalue weighted by Crippen LogP contribution is 2.25. The summed E-state index contributed by atoms with van der Waals surface area (Å²) < 4.78 is 37.6. The molecule has 12 heteroatoms. The predicted molar refractivity (Wildman–Crippen MR) is 94.1 cm³/mol. The summed E-state index contributed by atoms with van der Waals surface area (Å²) >= 11 is 6.90. The zero-order valence-electron chi connectivity index (χ0n) is 14.3. The Kier molecular flexibility index (Phi) is 5.61. The Hall–Kier alpha value is -1.56. The molecule has 0 saturated carbocycles. The van der Waals surface area contributed by atoms with Crippen LogP contribution in [0.25, 0.3) is 0 Å². The van der Waals surface area contributed by atoms with Crippen molar-refractivity contribution in [3.63, 3.8) is 0 Å². The number of halogens is 1. The topological polar surface area (TPSA) is 107 Å². The van der Waals surface area contributed by atoms with Gasteiger partial charge in [-0.15, -0.1) is 5.10 Å². The van der Waals surface area contributed by atoms with E-state index in [0.29, 0.717) is 28.7 Å². The zero-order valence-corrected chi connectivity index (χ0v) is 16.6. The number of nitrogens with zero attached hydrogens (tertiary/aromatic N) is 5. The summed E-state index contributed by atoms with van der Waals surface area (Å²) in [6.07, 6.45) is 2.29. The summed E-state index contributed by atoms with van der Waals surface area (Å²) in [5.41, 5.74) is 0.426. The van der Waals surface area contributed by atoms with E-state index in [1.54, 1.807) is 18.5 Å². The Morgan fingerprint density at radius 2 is 2.12 bits per heavy atom. The summed E-state index contributed by atoms with van der Waals surface area (Å²) in [7, 11) is -1.91. The highest BCUT2D eigenvalue weighted by molar-refractivity contribution is 7.89. The number of imidazole rings is 1. The van der Waals surface area contributed by atoms with Crippen molar-refractivity contribution in [2.45, 2.75) is 31.4 Å². The van der Waals surface area contributed by atoms with Gasteiger partial charge in [0.1, 0.15) is 22.5 Å². The quantitative estimate of drug-likeness (QED) is 0.673. The third-order valence-corrected chi connectivity index (χ3v) is 7.09. The number of sulfonamides is 1. The Balaban J connectivity index is 1.56. The molecule has 0 bridgehead atoms. The number of hydrogen-bond donors (Lipinski definition) is 0. The fourth-order valence-corrected chi connectivity index (χ4v) is 4.75. The zero-order chi connectivity index (χ0) is 18.9. The Morgan fingerprint density at radius 3 is 2.65 bits per heavy atom. The van der Waals surface area contributed by atoms with E-state index in [2.05, 4.69) is 14.6 Å². The van der Waals surface area contributed by atoms with Gasteiger partial charge < -0.3 is 9.30 Å². The molecule has 0 spiro atoms. The van der Waals surface area contributed by atoms with Crippen molar-refractivity contribution in [3.05, 3.63) is 22.1 Å². The van der Waals surface area contributed by atoms with E-state index in [0.717, 1.165) is 11.5 Å². The molecule has 2 aromatic heterocycles. The van der Waals surface area contributed by atoms with E-state index >= 15 is 0 Å². The number of carbonyl (C=O) groups excluding carboxylic acids is 1. The van der Waals surface area contributed by atoms with Gasteiger partial charge in [0.15, 0.2) is 5.03 Å². The molecule has 0 N–H and O–H groups in total. The third-order valence-electron chi connectivity index (χ3n) is 4.34. The number of esters is 1. The molecular weight excluding hydrogens is 402 g/mol. The first kappa shape index (κ1) is 19.2. The van der Waals surface area contributed by atoms with Crippen LogP contribution in [0.1, 0.15) is 24.4 Å². The number of aryl methyl sites for hydroxylation is 2. The molecule has 0 unspecified atom stereocenters. The first-order valence-corrected chi connectivity index (χ1v) is 10.5. The van der Waals surface area contributed by atoms with Crippen molar-refractivity contribution in [3.8, 4) is 0 Å². The Morgan fingerprint density at radius 1 is 1.42 bits per heavy atom. The summed E-state index contributed by atoms with van der Waals surface area (Å²) in [4.78, 5) is 16.3. The summed E-state index contributed by atoms with van der Waals surface area (Å²) in [5, 5.41) is 3.81. The van der Waals surface area contributed by atoms with Crippen LogP contribution in [0.3, 0.4) is 0 Å². The lowest BCUT2D eigenvalue weighted by Gasteiger charge is -2.29. The van der Waals surface area contributed by atoms with Crippen LogP contribution >= 0.6 is 23.1 Å². The van der Waals surface area contributed by atoms with Crippen molar-refractivity contribution in [1.82, 2.24) is 23.4 Å². The smallest absolute Gasteiger partial charge is 0.309 e. The van der Waals surface area contributed by atoms with Gasteiger partial charge in [-0.25, -0.2) is 13.4 Å². The fraction of sp³-hybridized carbons (Fsp3) is 0.571. The van der Waals surface area contributed by atoms with E-state index in [9.17, 15) is 13.2 Å². The number of rotatable bonds is 5. The number of aromatic nitrogens is 4. The van der Waals surface area contributed by atoms with Crippen molar-refractivity contribution >= 4 is 39.1 Å². The highest BCUT2D eigenvalue weighted by Gasteiger charge is 2.34. The molecule has 26 heavy (non-hydrogen) atoms. The van der Waals surface area contributed by atoms with Crippen LogP contribution in [0.2, 0.25) is 4.34 Å². The molecule has 9 nitrogen and oxygen atoms in total. The third kappa shape index (κ3) is 3.90. The molecule has 142 valence electrons. The van der Waals surface area contributed by atoms with Crippen molar-refractivity contribution in [2.75, 3.05) is 13.1 Å². The minimum Gasteiger partial charge on any atom is -0.459 e. The maximum atomic E-state index is 12.7. The summed E-state index contributed by atoms with van der Waals surface area (Å²) in [6, 6.07) is 0. The lowest BCUT2D eigenvalue weighted by atomic mass is 9.98. The maximum absolute atomic E-state index is 12.7. The van der Waals surface area contributed by atoms with Gasteiger partial charge >= 0.3 is 5.97 Å². The van der Waals surface area contributed by atoms with Gasteiger partial charge in [-0.1, -0.05) is 16.1 Å². The molecule has 0 aliphatic carbocycles. The van der Waals surface area contributed by atoms with Crippen molar-refractivity contribution < 1.29 is 17.9 Å². The average molecular weight is 420 g/mol. The van der Waals surface area contributed by atoms with E-state index < -0.39 is 10.0 Å². The van der Waals surface area contributed by atoms with Gasteiger partial charge in [0.25, 0.3) is 10.0 Å². The van der Waals surface area contributed by atoms with E-state index in [1.807, 2.05) is 0 Å². The van der Waals surface area contributed by atoms with Crippen LogP contribution in [0.5, 0.6) is 0 Å². The predicted octanol–water partition coefficient (Wildman–Crippen LogP) is 1.38. The molecule has 0 atom stereocenters. The number of carbonyl (C=O) groups is 1. The fourth-order valence-electron chi connectivity index (χ4n) is 2.66. The van der Waals surface area contributed by atoms with E-state index in [1.165, 1.54) is 10.5 Å². The second-order valence-electron chi connectivity index (χ2n) is 6.02. The second-order valence-corrected chi connectivity index (χ2v) is 9.26. The maximum Gasteiger partial charge on any atom is 0.309 e. The molecule has 2 aromatic rings.